The number of H-pyrrole nitrogens is 1. The van der Waals surface area contributed by atoms with E-state index in [1.807, 2.05) is 54.6 Å². The Hall–Kier alpha value is -3.94. The number of nitrogens with one attached hydrogen (secondary N) is 1. The topological polar surface area (TPSA) is 99.8 Å². The standard InChI is InChI=1S/C22H19N3O5/c1-24-11-18(27)25(22(24)29)12-19(28)30-13-17(26)20-15-9-5-6-10-16(15)23-21(20)14-7-3-2-4-8-14/h2-10,23H,11-13H2,1H3. The van der Waals surface area contributed by atoms with Gasteiger partial charge in [0.1, 0.15) is 13.1 Å². The van der Waals surface area contributed by atoms with Crippen molar-refractivity contribution in [3.63, 3.8) is 0 Å². The van der Waals surface area contributed by atoms with Crippen molar-refractivity contribution in [1.29, 1.82) is 0 Å². The molecule has 0 spiro atoms. The minimum absolute atomic E-state index is 0.0825. The van der Waals surface area contributed by atoms with E-state index in [9.17, 15) is 19.2 Å². The Morgan fingerprint density at radius 1 is 1.03 bits per heavy atom. The van der Waals surface area contributed by atoms with Crippen LogP contribution >= 0.6 is 0 Å². The Balaban J connectivity index is 1.53. The second-order valence-corrected chi connectivity index (χ2v) is 6.99. The van der Waals surface area contributed by atoms with Gasteiger partial charge in [-0.1, -0.05) is 48.5 Å². The number of aromatic nitrogens is 1. The number of hydrogen-bond acceptors (Lipinski definition) is 5. The highest BCUT2D eigenvalue weighted by atomic mass is 16.5. The van der Waals surface area contributed by atoms with Gasteiger partial charge >= 0.3 is 12.0 Å². The van der Waals surface area contributed by atoms with Gasteiger partial charge in [0, 0.05) is 18.0 Å². The number of ketones is 1. The molecule has 1 aliphatic heterocycles. The second-order valence-electron chi connectivity index (χ2n) is 6.99. The zero-order valence-electron chi connectivity index (χ0n) is 16.3. The van der Waals surface area contributed by atoms with Crippen LogP contribution in [0.1, 0.15) is 10.4 Å². The van der Waals surface area contributed by atoms with E-state index in [-0.39, 0.29) is 12.3 Å². The Morgan fingerprint density at radius 3 is 2.43 bits per heavy atom. The largest absolute Gasteiger partial charge is 0.456 e. The lowest BCUT2D eigenvalue weighted by molar-refractivity contribution is -0.145. The van der Waals surface area contributed by atoms with Gasteiger partial charge in [0.15, 0.2) is 6.61 Å². The molecule has 1 aliphatic rings. The van der Waals surface area contributed by atoms with E-state index in [0.29, 0.717) is 11.3 Å². The number of likely N-dealkylation sites (N-methyl/N-ethyl adjacent to an activating group) is 1. The van der Waals surface area contributed by atoms with Gasteiger partial charge in [0.25, 0.3) is 5.91 Å². The number of amides is 3. The first kappa shape index (κ1) is 19.4. The molecule has 0 aliphatic carbocycles. The number of hydrogen-bond donors (Lipinski definition) is 1. The molecule has 2 aromatic carbocycles. The molecule has 1 aromatic heterocycles. The second kappa shape index (κ2) is 7.82. The van der Waals surface area contributed by atoms with Gasteiger partial charge in [-0.25, -0.2) is 4.79 Å². The molecular weight excluding hydrogens is 386 g/mol. The van der Waals surface area contributed by atoms with Crippen molar-refractivity contribution in [2.75, 3.05) is 26.7 Å². The molecule has 1 fully saturated rings. The number of urea groups is 1. The predicted molar refractivity (Wildman–Crippen MR) is 109 cm³/mol. The van der Waals surface area contributed by atoms with Crippen LogP contribution in [0.15, 0.2) is 54.6 Å². The summed E-state index contributed by atoms with van der Waals surface area (Å²) in [6.07, 6.45) is 0. The highest BCUT2D eigenvalue weighted by Gasteiger charge is 2.35. The van der Waals surface area contributed by atoms with Crippen molar-refractivity contribution in [3.8, 4) is 11.3 Å². The number of para-hydroxylation sites is 1. The molecule has 1 saturated heterocycles. The van der Waals surface area contributed by atoms with Gasteiger partial charge < -0.3 is 14.6 Å². The average molecular weight is 405 g/mol. The van der Waals surface area contributed by atoms with Crippen LogP contribution in [0.25, 0.3) is 22.2 Å². The molecular formula is C22H19N3O5. The molecule has 152 valence electrons. The summed E-state index contributed by atoms with van der Waals surface area (Å²) >= 11 is 0. The minimum atomic E-state index is -0.818. The Labute approximate surface area is 172 Å². The van der Waals surface area contributed by atoms with E-state index in [0.717, 1.165) is 21.4 Å². The third kappa shape index (κ3) is 3.55. The maximum Gasteiger partial charge on any atom is 0.327 e. The fourth-order valence-corrected chi connectivity index (χ4v) is 3.47. The summed E-state index contributed by atoms with van der Waals surface area (Å²) in [5, 5.41) is 0.726. The van der Waals surface area contributed by atoms with Gasteiger partial charge in [0.2, 0.25) is 5.78 Å². The van der Waals surface area contributed by atoms with Crippen LogP contribution in [0, 0.1) is 0 Å². The summed E-state index contributed by atoms with van der Waals surface area (Å²) in [4.78, 5) is 54.1. The van der Waals surface area contributed by atoms with Gasteiger partial charge in [-0.05, 0) is 11.6 Å². The molecule has 3 aromatic rings. The maximum atomic E-state index is 13.0. The van der Waals surface area contributed by atoms with Crippen molar-refractivity contribution in [1.82, 2.24) is 14.8 Å². The summed E-state index contributed by atoms with van der Waals surface area (Å²) in [5.41, 5.74) is 2.70. The van der Waals surface area contributed by atoms with E-state index in [1.165, 1.54) is 11.9 Å². The number of nitrogens with zero attached hydrogens (tertiary/aromatic N) is 2. The Bertz CT molecular complexity index is 1150. The number of aromatic amines is 1. The highest BCUT2D eigenvalue weighted by Crippen LogP contribution is 2.30. The van der Waals surface area contributed by atoms with Crippen molar-refractivity contribution in [2.45, 2.75) is 0 Å². The first-order valence-electron chi connectivity index (χ1n) is 9.36. The van der Waals surface area contributed by atoms with E-state index in [4.69, 9.17) is 4.74 Å². The molecule has 0 radical (unpaired) electrons. The monoisotopic (exact) mass is 405 g/mol. The number of carbonyl (C=O) groups is 4. The van der Waals surface area contributed by atoms with E-state index < -0.39 is 31.1 Å². The number of benzene rings is 2. The number of Topliss-reactive ketones (excluding diaryl/α,β-unsaturated/α-hetero) is 1. The van der Waals surface area contributed by atoms with Crippen LogP contribution in [0.5, 0.6) is 0 Å². The maximum absolute atomic E-state index is 13.0. The smallest absolute Gasteiger partial charge is 0.327 e. The van der Waals surface area contributed by atoms with Crippen LogP contribution < -0.4 is 0 Å². The molecule has 2 heterocycles. The molecule has 0 unspecified atom stereocenters. The zero-order chi connectivity index (χ0) is 21.3. The van der Waals surface area contributed by atoms with E-state index in [2.05, 4.69) is 4.98 Å². The van der Waals surface area contributed by atoms with Crippen LogP contribution in [0.2, 0.25) is 0 Å². The molecule has 8 heteroatoms. The Kier molecular flexibility index (Phi) is 5.05. The predicted octanol–water partition coefficient (Wildman–Crippen LogP) is 2.45. The molecule has 0 atom stereocenters. The number of ether oxygens (including phenoxy) is 1. The summed E-state index contributed by atoms with van der Waals surface area (Å²) in [7, 11) is 1.47. The SMILES string of the molecule is CN1CC(=O)N(CC(=O)OCC(=O)c2c(-c3ccccc3)[nH]c3ccccc23)C1=O. The van der Waals surface area contributed by atoms with Crippen molar-refractivity contribution < 1.29 is 23.9 Å². The molecule has 30 heavy (non-hydrogen) atoms. The summed E-state index contributed by atoms with van der Waals surface area (Å²) in [6, 6.07) is 16.2. The summed E-state index contributed by atoms with van der Waals surface area (Å²) in [6.45, 7) is -1.10. The molecule has 0 bridgehead atoms. The highest BCUT2D eigenvalue weighted by molar-refractivity contribution is 6.14. The minimum Gasteiger partial charge on any atom is -0.456 e. The quantitative estimate of drug-likeness (QED) is 0.386. The average Bonchev–Trinajstić information content (AvgIpc) is 3.25. The first-order chi connectivity index (χ1) is 14.5. The third-order valence-corrected chi connectivity index (χ3v) is 4.93. The number of carbonyl (C=O) groups excluding carboxylic acids is 4. The fraction of sp³-hybridized carbons (Fsp3) is 0.182. The lowest BCUT2D eigenvalue weighted by Gasteiger charge is -2.13. The molecule has 3 amide bonds. The van der Waals surface area contributed by atoms with Crippen molar-refractivity contribution in [2.24, 2.45) is 0 Å². The van der Waals surface area contributed by atoms with Gasteiger partial charge in [-0.3, -0.25) is 19.3 Å². The van der Waals surface area contributed by atoms with Gasteiger partial charge in [0.05, 0.1) is 11.3 Å². The number of rotatable bonds is 6. The van der Waals surface area contributed by atoms with Crippen molar-refractivity contribution in [3.05, 3.63) is 60.2 Å². The molecule has 4 rings (SSSR count). The normalized spacial score (nSPS) is 13.9. The molecule has 8 nitrogen and oxygen atoms in total. The molecule has 0 saturated carbocycles. The van der Waals surface area contributed by atoms with Crippen LogP contribution in [0.3, 0.4) is 0 Å². The number of imide groups is 1. The Morgan fingerprint density at radius 2 is 1.73 bits per heavy atom. The van der Waals surface area contributed by atoms with Gasteiger partial charge in [-0.2, -0.15) is 0 Å². The fourth-order valence-electron chi connectivity index (χ4n) is 3.47. The van der Waals surface area contributed by atoms with Gasteiger partial charge in [-0.15, -0.1) is 0 Å². The van der Waals surface area contributed by atoms with Crippen LogP contribution in [0.4, 0.5) is 4.79 Å². The zero-order valence-corrected chi connectivity index (χ0v) is 16.3. The first-order valence-corrected chi connectivity index (χ1v) is 9.36. The number of esters is 1. The lowest BCUT2D eigenvalue weighted by atomic mass is 10.0. The molecule has 1 N–H and O–H groups in total. The number of fused-ring (bicyclic) bond motifs is 1. The van der Waals surface area contributed by atoms with E-state index in [1.54, 1.807) is 0 Å². The van der Waals surface area contributed by atoms with Crippen molar-refractivity contribution >= 4 is 34.6 Å². The summed E-state index contributed by atoms with van der Waals surface area (Å²) < 4.78 is 5.09. The van der Waals surface area contributed by atoms with Crippen LogP contribution in [-0.2, 0) is 14.3 Å². The van der Waals surface area contributed by atoms with E-state index >= 15 is 0 Å². The van der Waals surface area contributed by atoms with Crippen LogP contribution in [-0.4, -0.2) is 65.2 Å². The summed E-state index contributed by atoms with van der Waals surface area (Å²) in [5.74, 6) is -1.67. The third-order valence-electron chi connectivity index (χ3n) is 4.93. The lowest BCUT2D eigenvalue weighted by Crippen LogP contribution is -2.37.